The minimum atomic E-state index is -1.82. The van der Waals surface area contributed by atoms with Crippen molar-refractivity contribution in [2.45, 2.75) is 71.1 Å². The van der Waals surface area contributed by atoms with Crippen LogP contribution in [0.2, 0.25) is 0 Å². The van der Waals surface area contributed by atoms with Crippen LogP contribution >= 0.6 is 0 Å². The van der Waals surface area contributed by atoms with Crippen LogP contribution in [0.4, 0.5) is 0 Å². The van der Waals surface area contributed by atoms with E-state index in [1.165, 1.54) is 50.5 Å². The van der Waals surface area contributed by atoms with Crippen molar-refractivity contribution in [2.75, 3.05) is 33.3 Å². The summed E-state index contributed by atoms with van der Waals surface area (Å²) in [6.07, 6.45) is 12.2. The third-order valence-electron chi connectivity index (χ3n) is 8.28. The molecule has 8 nitrogen and oxygen atoms in total. The predicted molar refractivity (Wildman–Crippen MR) is 142 cm³/mol. The molecule has 0 spiro atoms. The van der Waals surface area contributed by atoms with Gasteiger partial charge in [-0.1, -0.05) is 19.1 Å². The summed E-state index contributed by atoms with van der Waals surface area (Å²) in [6, 6.07) is 8.41. The van der Waals surface area contributed by atoms with Gasteiger partial charge in [-0.3, -0.25) is 4.79 Å². The first-order chi connectivity index (χ1) is 17.7. The van der Waals surface area contributed by atoms with E-state index in [0.717, 1.165) is 68.9 Å². The normalized spacial score (nSPS) is 25.3. The Labute approximate surface area is 220 Å². The van der Waals surface area contributed by atoms with Crippen LogP contribution < -0.4 is 10.1 Å². The fraction of sp³-hybridized carbons (Fsp3) is 0.690. The summed E-state index contributed by atoms with van der Waals surface area (Å²) in [4.78, 5) is 33.8. The van der Waals surface area contributed by atoms with Gasteiger partial charge in [0, 0.05) is 18.5 Å². The lowest BCUT2D eigenvalue weighted by Gasteiger charge is -2.55. The second-order valence-electron chi connectivity index (χ2n) is 11.2. The highest BCUT2D eigenvalue weighted by Gasteiger charge is 2.54. The SMILES string of the molecule is CCCN(CCCCNC(=O)C12CC3CC(CC(C3)C1)C2)CCc1cccc(OC)c1.O=C(O)C(=O)O. The van der Waals surface area contributed by atoms with Gasteiger partial charge < -0.3 is 25.2 Å². The van der Waals surface area contributed by atoms with Crippen LogP contribution in [0.1, 0.15) is 70.3 Å². The van der Waals surface area contributed by atoms with Crippen molar-refractivity contribution >= 4 is 17.8 Å². The number of nitrogens with zero attached hydrogens (tertiary/aromatic N) is 1. The standard InChI is InChI=1S/C27H42N2O2.C2H2O4/c1-3-11-29(13-9-21-7-6-8-25(17-21)31-2)12-5-4-10-28-26(30)27-18-22-14-23(19-27)16-24(15-22)20-27;3-1(4)2(5)6/h6-8,17,22-24H,3-5,9-16,18-20H2,1-2H3,(H,28,30);(H,3,4)(H,5,6). The summed E-state index contributed by atoms with van der Waals surface area (Å²) in [7, 11) is 1.73. The number of rotatable bonds is 12. The number of benzene rings is 1. The molecule has 1 amide bonds. The Morgan fingerprint density at radius 2 is 1.59 bits per heavy atom. The Morgan fingerprint density at radius 1 is 0.973 bits per heavy atom. The van der Waals surface area contributed by atoms with Crippen molar-refractivity contribution in [1.82, 2.24) is 10.2 Å². The maximum Gasteiger partial charge on any atom is 0.414 e. The first kappa shape index (κ1) is 29.0. The van der Waals surface area contributed by atoms with Gasteiger partial charge in [-0.2, -0.15) is 0 Å². The van der Waals surface area contributed by atoms with E-state index in [0.29, 0.717) is 5.91 Å². The fourth-order valence-corrected chi connectivity index (χ4v) is 7.01. The molecule has 0 saturated heterocycles. The molecule has 0 atom stereocenters. The molecular weight excluding hydrogens is 472 g/mol. The summed E-state index contributed by atoms with van der Waals surface area (Å²) in [5.41, 5.74) is 1.34. The molecule has 37 heavy (non-hydrogen) atoms. The van der Waals surface area contributed by atoms with Gasteiger partial charge in [0.15, 0.2) is 0 Å². The minimum Gasteiger partial charge on any atom is -0.497 e. The second-order valence-corrected chi connectivity index (χ2v) is 11.2. The highest BCUT2D eigenvalue weighted by Crippen LogP contribution is 2.60. The Hall–Kier alpha value is -2.61. The molecule has 0 aliphatic heterocycles. The molecule has 0 unspecified atom stereocenters. The van der Waals surface area contributed by atoms with E-state index in [4.69, 9.17) is 24.5 Å². The van der Waals surface area contributed by atoms with E-state index in [9.17, 15) is 4.79 Å². The lowest BCUT2D eigenvalue weighted by Crippen LogP contribution is -2.53. The number of aliphatic carboxylic acids is 2. The molecule has 0 heterocycles. The van der Waals surface area contributed by atoms with E-state index < -0.39 is 11.9 Å². The highest BCUT2D eigenvalue weighted by molar-refractivity contribution is 6.27. The van der Waals surface area contributed by atoms with Crippen molar-refractivity contribution < 1.29 is 29.3 Å². The maximum absolute atomic E-state index is 13.1. The van der Waals surface area contributed by atoms with Gasteiger partial charge in [0.1, 0.15) is 5.75 Å². The Kier molecular flexibility index (Phi) is 10.8. The number of carboxylic acid groups (broad SMARTS) is 2. The van der Waals surface area contributed by atoms with Crippen LogP contribution in [0, 0.1) is 23.2 Å². The first-order valence-corrected chi connectivity index (χ1v) is 13.8. The second kappa shape index (κ2) is 13.8. The van der Waals surface area contributed by atoms with Crippen LogP contribution in [-0.2, 0) is 20.8 Å². The summed E-state index contributed by atoms with van der Waals surface area (Å²) in [5.74, 6) is 0.187. The summed E-state index contributed by atoms with van der Waals surface area (Å²) < 4.78 is 5.35. The maximum atomic E-state index is 13.1. The van der Waals surface area contributed by atoms with Gasteiger partial charge in [0.2, 0.25) is 5.91 Å². The molecule has 0 aromatic heterocycles. The highest BCUT2D eigenvalue weighted by atomic mass is 16.5. The first-order valence-electron chi connectivity index (χ1n) is 13.8. The van der Waals surface area contributed by atoms with E-state index in [-0.39, 0.29) is 5.41 Å². The average Bonchev–Trinajstić information content (AvgIpc) is 2.86. The molecule has 4 bridgehead atoms. The summed E-state index contributed by atoms with van der Waals surface area (Å²) in [5, 5.41) is 18.1. The molecule has 1 aromatic rings. The molecule has 4 fully saturated rings. The van der Waals surface area contributed by atoms with E-state index in [1.807, 2.05) is 6.07 Å². The Bertz CT molecular complexity index is 870. The number of carbonyl (C=O) groups is 3. The van der Waals surface area contributed by atoms with Crippen LogP contribution in [0.25, 0.3) is 0 Å². The quantitative estimate of drug-likeness (QED) is 0.281. The largest absolute Gasteiger partial charge is 0.497 e. The third kappa shape index (κ3) is 8.45. The molecule has 4 saturated carbocycles. The average molecular weight is 517 g/mol. The molecule has 5 rings (SSSR count). The van der Waals surface area contributed by atoms with Gasteiger partial charge in [0.05, 0.1) is 7.11 Å². The number of carbonyl (C=O) groups excluding carboxylic acids is 1. The lowest BCUT2D eigenvalue weighted by atomic mass is 9.49. The molecule has 0 radical (unpaired) electrons. The van der Waals surface area contributed by atoms with E-state index in [1.54, 1.807) is 7.11 Å². The Balaban J connectivity index is 0.000000568. The topological polar surface area (TPSA) is 116 Å². The number of nitrogens with one attached hydrogen (secondary N) is 1. The summed E-state index contributed by atoms with van der Waals surface area (Å²) in [6.45, 7) is 6.44. The molecule has 3 N–H and O–H groups in total. The summed E-state index contributed by atoms with van der Waals surface area (Å²) >= 11 is 0. The number of carboxylic acids is 2. The number of amides is 1. The molecule has 4 aliphatic carbocycles. The zero-order chi connectivity index (χ0) is 26.8. The number of unbranched alkanes of at least 4 members (excludes halogenated alkanes) is 1. The van der Waals surface area contributed by atoms with Crippen LogP contribution in [-0.4, -0.2) is 66.2 Å². The predicted octanol–water partition coefficient (Wildman–Crippen LogP) is 4.22. The van der Waals surface area contributed by atoms with Crippen molar-refractivity contribution in [1.29, 1.82) is 0 Å². The van der Waals surface area contributed by atoms with Crippen LogP contribution in [0.3, 0.4) is 0 Å². The van der Waals surface area contributed by atoms with Gasteiger partial charge >= 0.3 is 11.9 Å². The van der Waals surface area contributed by atoms with E-state index in [2.05, 4.69) is 35.3 Å². The Morgan fingerprint density at radius 3 is 2.14 bits per heavy atom. The van der Waals surface area contributed by atoms with Gasteiger partial charge in [-0.25, -0.2) is 9.59 Å². The molecular formula is C29H44N2O6. The van der Waals surface area contributed by atoms with Crippen molar-refractivity contribution in [3.8, 4) is 5.75 Å². The third-order valence-corrected chi connectivity index (χ3v) is 8.28. The number of ether oxygens (including phenoxy) is 1. The number of hydrogen-bond donors (Lipinski definition) is 3. The van der Waals surface area contributed by atoms with Crippen LogP contribution in [0.5, 0.6) is 5.75 Å². The zero-order valence-corrected chi connectivity index (χ0v) is 22.4. The minimum absolute atomic E-state index is 0.000262. The fourth-order valence-electron chi connectivity index (χ4n) is 7.01. The monoisotopic (exact) mass is 516 g/mol. The number of hydrogen-bond acceptors (Lipinski definition) is 5. The van der Waals surface area contributed by atoms with Gasteiger partial charge in [-0.15, -0.1) is 0 Å². The van der Waals surface area contributed by atoms with Crippen molar-refractivity contribution in [2.24, 2.45) is 23.2 Å². The molecule has 8 heteroatoms. The van der Waals surface area contributed by atoms with Crippen LogP contribution in [0.15, 0.2) is 24.3 Å². The van der Waals surface area contributed by atoms with Crippen molar-refractivity contribution in [3.05, 3.63) is 29.8 Å². The van der Waals surface area contributed by atoms with Crippen molar-refractivity contribution in [3.63, 3.8) is 0 Å². The zero-order valence-electron chi connectivity index (χ0n) is 22.4. The molecule has 1 aromatic carbocycles. The smallest absolute Gasteiger partial charge is 0.414 e. The molecule has 206 valence electrons. The van der Waals surface area contributed by atoms with Gasteiger partial charge in [-0.05, 0) is 113 Å². The number of methoxy groups -OCH3 is 1. The van der Waals surface area contributed by atoms with Gasteiger partial charge in [0.25, 0.3) is 0 Å². The van der Waals surface area contributed by atoms with E-state index >= 15 is 0 Å². The molecule has 4 aliphatic rings. The lowest BCUT2D eigenvalue weighted by molar-refractivity contribution is -0.159.